The standard InChI is InChI=1S/C14H14BrClOS/c1-8-4-5-12(17-3)10(6-8)14(16)13-7-11(15)9(2)18-13/h4-7,14H,1-3H3. The third-order valence-corrected chi connectivity index (χ3v) is 5.59. The van der Waals surface area contributed by atoms with Gasteiger partial charge in [-0.2, -0.15) is 0 Å². The topological polar surface area (TPSA) is 9.23 Å². The van der Waals surface area contributed by atoms with Gasteiger partial charge in [0.05, 0.1) is 12.5 Å². The van der Waals surface area contributed by atoms with Crippen LogP contribution in [-0.2, 0) is 0 Å². The van der Waals surface area contributed by atoms with E-state index in [2.05, 4.69) is 41.9 Å². The quantitative estimate of drug-likeness (QED) is 0.671. The Kier molecular flexibility index (Phi) is 4.36. The normalized spacial score (nSPS) is 12.5. The minimum atomic E-state index is -0.171. The second-order valence-corrected chi connectivity index (χ2v) is 6.74. The van der Waals surface area contributed by atoms with Gasteiger partial charge in [-0.25, -0.2) is 0 Å². The number of rotatable bonds is 3. The zero-order valence-electron chi connectivity index (χ0n) is 10.5. The number of alkyl halides is 1. The molecule has 1 aromatic heterocycles. The van der Waals surface area contributed by atoms with Crippen LogP contribution in [0.3, 0.4) is 0 Å². The summed E-state index contributed by atoms with van der Waals surface area (Å²) in [6.45, 7) is 4.14. The molecular formula is C14H14BrClOS. The number of benzene rings is 1. The number of aryl methyl sites for hydroxylation is 2. The van der Waals surface area contributed by atoms with Crippen molar-refractivity contribution in [2.24, 2.45) is 0 Å². The highest BCUT2D eigenvalue weighted by molar-refractivity contribution is 9.10. The van der Waals surface area contributed by atoms with Gasteiger partial charge in [0.1, 0.15) is 5.75 Å². The lowest BCUT2D eigenvalue weighted by molar-refractivity contribution is 0.410. The van der Waals surface area contributed by atoms with E-state index in [1.165, 1.54) is 10.4 Å². The van der Waals surface area contributed by atoms with Gasteiger partial charge in [0.2, 0.25) is 0 Å². The first kappa shape index (κ1) is 13.9. The molecule has 1 nitrogen and oxygen atoms in total. The summed E-state index contributed by atoms with van der Waals surface area (Å²) in [5.41, 5.74) is 2.21. The second-order valence-electron chi connectivity index (χ2n) is 4.16. The minimum Gasteiger partial charge on any atom is -0.496 e. The summed E-state index contributed by atoms with van der Waals surface area (Å²) in [4.78, 5) is 2.37. The summed E-state index contributed by atoms with van der Waals surface area (Å²) in [6.07, 6.45) is 0. The van der Waals surface area contributed by atoms with E-state index in [9.17, 15) is 0 Å². The van der Waals surface area contributed by atoms with Crippen LogP contribution in [0.5, 0.6) is 5.75 Å². The maximum absolute atomic E-state index is 6.58. The zero-order chi connectivity index (χ0) is 13.3. The molecule has 0 radical (unpaired) electrons. The van der Waals surface area contributed by atoms with Gasteiger partial charge in [0.25, 0.3) is 0 Å². The zero-order valence-corrected chi connectivity index (χ0v) is 13.6. The highest BCUT2D eigenvalue weighted by atomic mass is 79.9. The SMILES string of the molecule is COc1ccc(C)cc1C(Cl)c1cc(Br)c(C)s1. The van der Waals surface area contributed by atoms with Crippen molar-refractivity contribution in [3.05, 3.63) is 49.6 Å². The second kappa shape index (κ2) is 5.64. The van der Waals surface area contributed by atoms with Crippen molar-refractivity contribution >= 4 is 38.9 Å². The molecule has 1 aromatic carbocycles. The Hall–Kier alpha value is -0.510. The van der Waals surface area contributed by atoms with Gasteiger partial charge in [-0.05, 0) is 41.9 Å². The van der Waals surface area contributed by atoms with Gasteiger partial charge >= 0.3 is 0 Å². The first-order chi connectivity index (χ1) is 8.52. The molecule has 0 fully saturated rings. The Labute approximate surface area is 125 Å². The Morgan fingerprint density at radius 2 is 2.00 bits per heavy atom. The lowest BCUT2D eigenvalue weighted by atomic mass is 10.1. The average Bonchev–Trinajstić information content (AvgIpc) is 2.68. The van der Waals surface area contributed by atoms with Crippen molar-refractivity contribution in [1.82, 2.24) is 0 Å². The fourth-order valence-electron chi connectivity index (χ4n) is 1.81. The van der Waals surface area contributed by atoms with Crippen LogP contribution in [0.25, 0.3) is 0 Å². The van der Waals surface area contributed by atoms with Crippen molar-refractivity contribution in [3.8, 4) is 5.75 Å². The van der Waals surface area contributed by atoms with Crippen LogP contribution in [0.4, 0.5) is 0 Å². The average molecular weight is 346 g/mol. The molecule has 1 heterocycles. The van der Waals surface area contributed by atoms with E-state index >= 15 is 0 Å². The number of ether oxygens (including phenoxy) is 1. The van der Waals surface area contributed by atoms with E-state index in [1.807, 2.05) is 12.1 Å². The third-order valence-electron chi connectivity index (χ3n) is 2.78. The Balaban J connectivity index is 2.44. The largest absolute Gasteiger partial charge is 0.496 e. The van der Waals surface area contributed by atoms with E-state index in [-0.39, 0.29) is 5.38 Å². The van der Waals surface area contributed by atoms with Crippen molar-refractivity contribution < 1.29 is 4.74 Å². The fourth-order valence-corrected chi connectivity index (χ4v) is 3.74. The molecule has 96 valence electrons. The van der Waals surface area contributed by atoms with Crippen molar-refractivity contribution in [1.29, 1.82) is 0 Å². The smallest absolute Gasteiger partial charge is 0.123 e. The van der Waals surface area contributed by atoms with Crippen molar-refractivity contribution in [3.63, 3.8) is 0 Å². The van der Waals surface area contributed by atoms with Gasteiger partial charge in [0.15, 0.2) is 0 Å². The third kappa shape index (κ3) is 2.73. The van der Waals surface area contributed by atoms with E-state index in [0.29, 0.717) is 0 Å². The maximum atomic E-state index is 6.58. The molecule has 2 aromatic rings. The van der Waals surface area contributed by atoms with Gasteiger partial charge in [-0.15, -0.1) is 22.9 Å². The maximum Gasteiger partial charge on any atom is 0.123 e. The summed E-state index contributed by atoms with van der Waals surface area (Å²) < 4.78 is 6.50. The minimum absolute atomic E-state index is 0.171. The van der Waals surface area contributed by atoms with Crippen molar-refractivity contribution in [2.45, 2.75) is 19.2 Å². The molecule has 0 N–H and O–H groups in total. The highest BCUT2D eigenvalue weighted by Gasteiger charge is 2.18. The summed E-state index contributed by atoms with van der Waals surface area (Å²) in [7, 11) is 1.67. The molecule has 1 atom stereocenters. The number of hydrogen-bond donors (Lipinski definition) is 0. The van der Waals surface area contributed by atoms with Crippen LogP contribution in [0.15, 0.2) is 28.7 Å². The van der Waals surface area contributed by atoms with Gasteiger partial charge in [-0.1, -0.05) is 17.7 Å². The summed E-state index contributed by atoms with van der Waals surface area (Å²) in [5, 5.41) is -0.171. The van der Waals surface area contributed by atoms with Gasteiger partial charge in [0, 0.05) is 19.8 Å². The Morgan fingerprint density at radius 1 is 1.28 bits per heavy atom. The molecule has 0 amide bonds. The molecule has 0 aliphatic heterocycles. The molecule has 0 aliphatic rings. The molecule has 0 saturated carbocycles. The van der Waals surface area contributed by atoms with E-state index in [4.69, 9.17) is 16.3 Å². The lowest BCUT2D eigenvalue weighted by Crippen LogP contribution is -1.96. The predicted molar refractivity (Wildman–Crippen MR) is 82.2 cm³/mol. The summed E-state index contributed by atoms with van der Waals surface area (Å²) in [6, 6.07) is 8.16. The number of halogens is 2. The molecule has 0 bridgehead atoms. The summed E-state index contributed by atoms with van der Waals surface area (Å²) in [5.74, 6) is 0.836. The van der Waals surface area contributed by atoms with E-state index in [0.717, 1.165) is 20.7 Å². The number of hydrogen-bond acceptors (Lipinski definition) is 2. The van der Waals surface area contributed by atoms with E-state index < -0.39 is 0 Å². The summed E-state index contributed by atoms with van der Waals surface area (Å²) >= 11 is 11.8. The molecule has 2 rings (SSSR count). The number of thiophene rings is 1. The van der Waals surface area contributed by atoms with Crippen LogP contribution in [0.1, 0.15) is 26.3 Å². The molecule has 0 spiro atoms. The highest BCUT2D eigenvalue weighted by Crippen LogP contribution is 2.40. The predicted octanol–water partition coefficient (Wildman–Crippen LogP) is 5.46. The van der Waals surface area contributed by atoms with Crippen LogP contribution >= 0.6 is 38.9 Å². The van der Waals surface area contributed by atoms with Crippen LogP contribution in [-0.4, -0.2) is 7.11 Å². The first-order valence-corrected chi connectivity index (χ1v) is 7.62. The Morgan fingerprint density at radius 3 is 2.56 bits per heavy atom. The first-order valence-electron chi connectivity index (χ1n) is 5.57. The molecule has 18 heavy (non-hydrogen) atoms. The molecule has 4 heteroatoms. The molecule has 0 aliphatic carbocycles. The van der Waals surface area contributed by atoms with Gasteiger partial charge in [-0.3, -0.25) is 0 Å². The molecule has 0 saturated heterocycles. The van der Waals surface area contributed by atoms with Gasteiger partial charge < -0.3 is 4.74 Å². The fraction of sp³-hybridized carbons (Fsp3) is 0.286. The monoisotopic (exact) mass is 344 g/mol. The van der Waals surface area contributed by atoms with Crippen LogP contribution in [0, 0.1) is 13.8 Å². The molecule has 1 unspecified atom stereocenters. The molecular weight excluding hydrogens is 332 g/mol. The van der Waals surface area contributed by atoms with Crippen LogP contribution in [0.2, 0.25) is 0 Å². The Bertz CT molecular complexity index is 545. The van der Waals surface area contributed by atoms with Crippen molar-refractivity contribution in [2.75, 3.05) is 7.11 Å². The lowest BCUT2D eigenvalue weighted by Gasteiger charge is -2.13. The number of methoxy groups -OCH3 is 1. The van der Waals surface area contributed by atoms with E-state index in [1.54, 1.807) is 18.4 Å². The van der Waals surface area contributed by atoms with Crippen LogP contribution < -0.4 is 4.74 Å².